The van der Waals surface area contributed by atoms with Gasteiger partial charge in [0.2, 0.25) is 0 Å². The SMILES string of the molecule is CCCCCCCCCCCCCCCCCCCCCCCCCCC(=O)OCC(COC(=O)CCCCCCCCCCCC)OC(=O)CCCCCCCCCCCCCCCCC. The fourth-order valence-corrected chi connectivity index (χ4v) is 9.51. The molecule has 0 saturated heterocycles. The number of ether oxygens (including phenoxy) is 3. The molecule has 0 amide bonds. The Balaban J connectivity index is 4.14. The number of rotatable bonds is 57. The first-order valence-corrected chi connectivity index (χ1v) is 30.5. The van der Waals surface area contributed by atoms with Gasteiger partial charge in [0.25, 0.3) is 0 Å². The number of hydrogen-bond acceptors (Lipinski definition) is 6. The Kier molecular flexibility index (Phi) is 55.6. The molecule has 0 heterocycles. The smallest absolute Gasteiger partial charge is 0.306 e. The van der Waals surface area contributed by atoms with E-state index in [1.54, 1.807) is 0 Å². The molecule has 0 aliphatic carbocycles. The van der Waals surface area contributed by atoms with Crippen molar-refractivity contribution in [3.8, 4) is 0 Å². The topological polar surface area (TPSA) is 78.9 Å². The molecule has 0 radical (unpaired) electrons. The van der Waals surface area contributed by atoms with E-state index in [4.69, 9.17) is 14.2 Å². The summed E-state index contributed by atoms with van der Waals surface area (Å²) < 4.78 is 16.9. The second-order valence-corrected chi connectivity index (χ2v) is 21.0. The molecular formula is C61H118O6. The van der Waals surface area contributed by atoms with Gasteiger partial charge in [0, 0.05) is 19.3 Å². The van der Waals surface area contributed by atoms with Crippen molar-refractivity contribution in [3.63, 3.8) is 0 Å². The van der Waals surface area contributed by atoms with Gasteiger partial charge in [-0.3, -0.25) is 14.4 Å². The minimum atomic E-state index is -0.760. The van der Waals surface area contributed by atoms with Crippen LogP contribution in [0.4, 0.5) is 0 Å². The molecule has 0 rings (SSSR count). The predicted molar refractivity (Wildman–Crippen MR) is 289 cm³/mol. The summed E-state index contributed by atoms with van der Waals surface area (Å²) in [6, 6.07) is 0. The van der Waals surface area contributed by atoms with Crippen LogP contribution in [0.3, 0.4) is 0 Å². The van der Waals surface area contributed by atoms with Gasteiger partial charge in [-0.25, -0.2) is 0 Å². The number of hydrogen-bond donors (Lipinski definition) is 0. The van der Waals surface area contributed by atoms with Crippen molar-refractivity contribution >= 4 is 17.9 Å². The van der Waals surface area contributed by atoms with Crippen LogP contribution in [0.1, 0.15) is 355 Å². The van der Waals surface area contributed by atoms with Crippen LogP contribution >= 0.6 is 0 Å². The standard InChI is InChI=1S/C61H118O6/c1-4-7-10-13-16-19-22-24-26-27-28-29-30-31-32-33-34-36-37-39-42-45-48-51-54-60(63)66-57-58(56-65-59(62)53-50-47-44-41-21-18-15-12-9-6-3)67-61(64)55-52-49-46-43-40-38-35-25-23-20-17-14-11-8-5-2/h58H,4-57H2,1-3H3. The van der Waals surface area contributed by atoms with Crippen LogP contribution in [-0.2, 0) is 28.6 Å². The molecule has 0 N–H and O–H groups in total. The maximum absolute atomic E-state index is 12.8. The molecule has 6 nitrogen and oxygen atoms in total. The van der Waals surface area contributed by atoms with Crippen LogP contribution in [0.2, 0.25) is 0 Å². The number of unbranched alkanes of at least 4 members (excludes halogenated alkanes) is 46. The highest BCUT2D eigenvalue weighted by Gasteiger charge is 2.19. The molecule has 0 fully saturated rings. The van der Waals surface area contributed by atoms with Gasteiger partial charge in [0.1, 0.15) is 13.2 Å². The molecule has 0 spiro atoms. The second kappa shape index (κ2) is 57.0. The van der Waals surface area contributed by atoms with Gasteiger partial charge in [0.05, 0.1) is 0 Å². The minimum Gasteiger partial charge on any atom is -0.462 e. The maximum Gasteiger partial charge on any atom is 0.306 e. The Morgan fingerprint density at radius 3 is 0.597 bits per heavy atom. The maximum atomic E-state index is 12.8. The van der Waals surface area contributed by atoms with Crippen LogP contribution in [-0.4, -0.2) is 37.2 Å². The zero-order valence-electron chi connectivity index (χ0n) is 45.7. The summed E-state index contributed by atoms with van der Waals surface area (Å²) in [6.07, 6.45) is 64.0. The van der Waals surface area contributed by atoms with Crippen molar-refractivity contribution in [1.29, 1.82) is 0 Å². The first kappa shape index (κ1) is 65.4. The van der Waals surface area contributed by atoms with Gasteiger partial charge < -0.3 is 14.2 Å². The summed E-state index contributed by atoms with van der Waals surface area (Å²) >= 11 is 0. The predicted octanol–water partition coefficient (Wildman–Crippen LogP) is 20.3. The molecule has 1 atom stereocenters. The zero-order chi connectivity index (χ0) is 48.6. The summed E-state index contributed by atoms with van der Waals surface area (Å²) in [7, 11) is 0. The van der Waals surface area contributed by atoms with E-state index in [-0.39, 0.29) is 31.1 Å². The van der Waals surface area contributed by atoms with E-state index in [1.807, 2.05) is 0 Å². The number of esters is 3. The first-order chi connectivity index (χ1) is 33.0. The summed E-state index contributed by atoms with van der Waals surface area (Å²) in [5.74, 6) is -0.833. The van der Waals surface area contributed by atoms with Gasteiger partial charge >= 0.3 is 17.9 Å². The third-order valence-corrected chi connectivity index (χ3v) is 14.1. The molecule has 0 bridgehead atoms. The molecule has 6 heteroatoms. The molecule has 1 unspecified atom stereocenters. The Hall–Kier alpha value is -1.59. The second-order valence-electron chi connectivity index (χ2n) is 21.0. The van der Waals surface area contributed by atoms with Gasteiger partial charge in [0.15, 0.2) is 6.10 Å². The molecule has 0 aromatic heterocycles. The van der Waals surface area contributed by atoms with Crippen molar-refractivity contribution < 1.29 is 28.6 Å². The normalized spacial score (nSPS) is 11.9. The molecule has 0 saturated carbocycles. The minimum absolute atomic E-state index is 0.0611. The molecule has 0 aromatic carbocycles. The van der Waals surface area contributed by atoms with E-state index in [0.717, 1.165) is 57.8 Å². The van der Waals surface area contributed by atoms with Crippen LogP contribution < -0.4 is 0 Å². The highest BCUT2D eigenvalue weighted by atomic mass is 16.6. The Morgan fingerprint density at radius 1 is 0.239 bits per heavy atom. The van der Waals surface area contributed by atoms with Crippen LogP contribution in [0.5, 0.6) is 0 Å². The summed E-state index contributed by atoms with van der Waals surface area (Å²) in [6.45, 7) is 6.70. The van der Waals surface area contributed by atoms with Crippen molar-refractivity contribution in [3.05, 3.63) is 0 Å². The lowest BCUT2D eigenvalue weighted by Crippen LogP contribution is -2.30. The van der Waals surface area contributed by atoms with Crippen LogP contribution in [0.25, 0.3) is 0 Å². The van der Waals surface area contributed by atoms with Gasteiger partial charge in [-0.1, -0.05) is 316 Å². The lowest BCUT2D eigenvalue weighted by atomic mass is 10.0. The average molecular weight is 948 g/mol. The highest BCUT2D eigenvalue weighted by molar-refractivity contribution is 5.71. The van der Waals surface area contributed by atoms with Crippen molar-refractivity contribution in [2.24, 2.45) is 0 Å². The number of carbonyl (C=O) groups is 3. The van der Waals surface area contributed by atoms with Crippen molar-refractivity contribution in [1.82, 2.24) is 0 Å². The first-order valence-electron chi connectivity index (χ1n) is 30.5. The summed E-state index contributed by atoms with van der Waals surface area (Å²) in [5, 5.41) is 0. The molecular weight excluding hydrogens is 829 g/mol. The largest absolute Gasteiger partial charge is 0.462 e. The summed E-state index contributed by atoms with van der Waals surface area (Å²) in [4.78, 5) is 38.1. The Bertz CT molecular complexity index is 998. The van der Waals surface area contributed by atoms with Gasteiger partial charge in [-0.2, -0.15) is 0 Å². The average Bonchev–Trinajstić information content (AvgIpc) is 3.33. The number of carbonyl (C=O) groups excluding carboxylic acids is 3. The van der Waals surface area contributed by atoms with E-state index < -0.39 is 6.10 Å². The van der Waals surface area contributed by atoms with Gasteiger partial charge in [-0.05, 0) is 19.3 Å². The fraction of sp³-hybridized carbons (Fsp3) is 0.951. The highest BCUT2D eigenvalue weighted by Crippen LogP contribution is 2.18. The molecule has 398 valence electrons. The van der Waals surface area contributed by atoms with E-state index >= 15 is 0 Å². The molecule has 0 aliphatic rings. The Labute approximate surface area is 418 Å². The van der Waals surface area contributed by atoms with Crippen molar-refractivity contribution in [2.45, 2.75) is 361 Å². The quantitative estimate of drug-likeness (QED) is 0.0343. The Morgan fingerprint density at radius 2 is 0.403 bits per heavy atom. The van der Waals surface area contributed by atoms with E-state index in [2.05, 4.69) is 20.8 Å². The zero-order valence-corrected chi connectivity index (χ0v) is 45.7. The lowest BCUT2D eigenvalue weighted by Gasteiger charge is -2.18. The third-order valence-electron chi connectivity index (χ3n) is 14.1. The van der Waals surface area contributed by atoms with Crippen LogP contribution in [0.15, 0.2) is 0 Å². The molecule has 67 heavy (non-hydrogen) atoms. The third kappa shape index (κ3) is 55.2. The summed E-state index contributed by atoms with van der Waals surface area (Å²) in [5.41, 5.74) is 0. The molecule has 0 aromatic rings. The van der Waals surface area contributed by atoms with E-state index in [9.17, 15) is 14.4 Å². The monoisotopic (exact) mass is 947 g/mol. The lowest BCUT2D eigenvalue weighted by molar-refractivity contribution is -0.167. The van der Waals surface area contributed by atoms with Gasteiger partial charge in [-0.15, -0.1) is 0 Å². The van der Waals surface area contributed by atoms with Crippen LogP contribution in [0, 0.1) is 0 Å². The van der Waals surface area contributed by atoms with Crippen molar-refractivity contribution in [2.75, 3.05) is 13.2 Å². The molecule has 0 aliphatic heterocycles. The van der Waals surface area contributed by atoms with E-state index in [1.165, 1.54) is 257 Å². The fourth-order valence-electron chi connectivity index (χ4n) is 9.51. The van der Waals surface area contributed by atoms with E-state index in [0.29, 0.717) is 19.3 Å².